The number of hydrogen-bond acceptors (Lipinski definition) is 2. The van der Waals surface area contributed by atoms with Crippen molar-refractivity contribution in [1.29, 1.82) is 0 Å². The minimum absolute atomic E-state index is 0.154. The lowest BCUT2D eigenvalue weighted by molar-refractivity contribution is -0.118. The van der Waals surface area contributed by atoms with E-state index in [9.17, 15) is 4.79 Å². The fourth-order valence-corrected chi connectivity index (χ4v) is 3.29. The van der Waals surface area contributed by atoms with Gasteiger partial charge in [0.1, 0.15) is 11.5 Å². The summed E-state index contributed by atoms with van der Waals surface area (Å²) in [4.78, 5) is 11.6. The Morgan fingerprint density at radius 1 is 1.18 bits per heavy atom. The highest BCUT2D eigenvalue weighted by molar-refractivity contribution is 5.77. The number of aromatic nitrogens is 1. The molecule has 0 fully saturated rings. The maximum absolute atomic E-state index is 11.6. The van der Waals surface area contributed by atoms with E-state index in [-0.39, 0.29) is 11.2 Å². The summed E-state index contributed by atoms with van der Waals surface area (Å²) in [5.41, 5.74) is 4.55. The molecule has 0 saturated heterocycles. The largest absolute Gasteiger partial charge is 0.497 e. The molecule has 1 aromatic carbocycles. The number of carbonyl (C=O) groups excluding carboxylic acids is 1. The van der Waals surface area contributed by atoms with Gasteiger partial charge in [-0.15, -0.1) is 0 Å². The molecule has 1 heterocycles. The molecule has 2 aromatic rings. The zero-order valence-electron chi connectivity index (χ0n) is 14.4. The molecule has 0 amide bonds. The lowest BCUT2D eigenvalue weighted by atomic mass is 9.80. The number of nitrogens with zero attached hydrogens (tertiary/aromatic N) is 1. The van der Waals surface area contributed by atoms with E-state index in [1.165, 1.54) is 17.0 Å². The van der Waals surface area contributed by atoms with Crippen molar-refractivity contribution in [2.24, 2.45) is 0 Å². The number of aryl methyl sites for hydroxylation is 1. The number of ether oxygens (including phenoxy) is 1. The van der Waals surface area contributed by atoms with Gasteiger partial charge in [-0.25, -0.2) is 0 Å². The predicted molar refractivity (Wildman–Crippen MR) is 90.1 cm³/mol. The zero-order chi connectivity index (χ0) is 16.5. The van der Waals surface area contributed by atoms with Crippen molar-refractivity contribution < 1.29 is 9.53 Å². The molecule has 2 rings (SSSR count). The van der Waals surface area contributed by atoms with E-state index in [2.05, 4.69) is 50.5 Å². The first-order chi connectivity index (χ1) is 10.3. The SMILES string of the molecule is COc1ccc(-n2c(C)cc(C(C)(C)CC(C)=O)c2C)cc1. The van der Waals surface area contributed by atoms with E-state index >= 15 is 0 Å². The summed E-state index contributed by atoms with van der Waals surface area (Å²) in [5, 5.41) is 0. The van der Waals surface area contributed by atoms with Crippen LogP contribution in [0.2, 0.25) is 0 Å². The monoisotopic (exact) mass is 299 g/mol. The molecule has 0 bridgehead atoms. The van der Waals surface area contributed by atoms with Gasteiger partial charge in [0.2, 0.25) is 0 Å². The van der Waals surface area contributed by atoms with Crippen molar-refractivity contribution in [3.05, 3.63) is 47.3 Å². The number of Topliss-reactive ketones (excluding diaryl/α,β-unsaturated/α-hetero) is 1. The summed E-state index contributed by atoms with van der Waals surface area (Å²) in [5.74, 6) is 1.07. The van der Waals surface area contributed by atoms with Crippen LogP contribution >= 0.6 is 0 Å². The minimum Gasteiger partial charge on any atom is -0.497 e. The minimum atomic E-state index is -0.154. The van der Waals surface area contributed by atoms with Gasteiger partial charge in [-0.2, -0.15) is 0 Å². The Kier molecular flexibility index (Phi) is 4.45. The first kappa shape index (κ1) is 16.3. The highest BCUT2D eigenvalue weighted by atomic mass is 16.5. The van der Waals surface area contributed by atoms with Gasteiger partial charge in [0.15, 0.2) is 0 Å². The van der Waals surface area contributed by atoms with Crippen LogP contribution < -0.4 is 4.74 Å². The number of carbonyl (C=O) groups is 1. The van der Waals surface area contributed by atoms with Gasteiger partial charge in [0, 0.05) is 23.5 Å². The Hall–Kier alpha value is -2.03. The molecule has 0 aliphatic rings. The van der Waals surface area contributed by atoms with Gasteiger partial charge in [-0.1, -0.05) is 13.8 Å². The van der Waals surface area contributed by atoms with Crippen molar-refractivity contribution in [1.82, 2.24) is 4.57 Å². The molecule has 0 saturated carbocycles. The van der Waals surface area contributed by atoms with Gasteiger partial charge >= 0.3 is 0 Å². The van der Waals surface area contributed by atoms with Crippen LogP contribution in [0.4, 0.5) is 0 Å². The number of benzene rings is 1. The number of methoxy groups -OCH3 is 1. The second-order valence-electron chi connectivity index (χ2n) is 6.58. The van der Waals surface area contributed by atoms with Gasteiger partial charge in [-0.05, 0) is 62.1 Å². The summed E-state index contributed by atoms with van der Waals surface area (Å²) < 4.78 is 7.45. The third-order valence-electron chi connectivity index (χ3n) is 4.18. The Balaban J connectivity index is 2.48. The lowest BCUT2D eigenvalue weighted by Gasteiger charge is -2.24. The molecule has 0 aliphatic carbocycles. The molecule has 118 valence electrons. The molecule has 0 unspecified atom stereocenters. The topological polar surface area (TPSA) is 31.2 Å². The molecule has 0 atom stereocenters. The van der Waals surface area contributed by atoms with Crippen LogP contribution in [-0.4, -0.2) is 17.5 Å². The molecule has 0 N–H and O–H groups in total. The molecule has 1 aromatic heterocycles. The molecule has 3 nitrogen and oxygen atoms in total. The van der Waals surface area contributed by atoms with E-state index in [0.29, 0.717) is 6.42 Å². The summed E-state index contributed by atoms with van der Waals surface area (Å²) in [7, 11) is 1.67. The second kappa shape index (κ2) is 5.99. The highest BCUT2D eigenvalue weighted by Crippen LogP contribution is 2.33. The maximum atomic E-state index is 11.6. The van der Waals surface area contributed by atoms with Crippen LogP contribution in [0.25, 0.3) is 5.69 Å². The van der Waals surface area contributed by atoms with E-state index in [1.807, 2.05) is 12.1 Å². The standard InChI is InChI=1S/C19H25NO2/c1-13-11-18(19(4,5)12-14(2)21)15(3)20(13)16-7-9-17(22-6)10-8-16/h7-11H,12H2,1-6H3. The Labute approximate surface area is 132 Å². The third-order valence-corrected chi connectivity index (χ3v) is 4.18. The van der Waals surface area contributed by atoms with Crippen LogP contribution in [0.5, 0.6) is 5.75 Å². The summed E-state index contributed by atoms with van der Waals surface area (Å²) in [6.45, 7) is 10.1. The molecule has 3 heteroatoms. The van der Waals surface area contributed by atoms with Gasteiger partial charge in [-0.3, -0.25) is 4.79 Å². The van der Waals surface area contributed by atoms with Crippen LogP contribution in [0, 0.1) is 13.8 Å². The van der Waals surface area contributed by atoms with Gasteiger partial charge < -0.3 is 9.30 Å². The average Bonchev–Trinajstić information content (AvgIpc) is 2.74. The van der Waals surface area contributed by atoms with Crippen LogP contribution in [0.3, 0.4) is 0 Å². The number of hydrogen-bond donors (Lipinski definition) is 0. The normalized spacial score (nSPS) is 11.5. The van der Waals surface area contributed by atoms with Gasteiger partial charge in [0.05, 0.1) is 7.11 Å². The van der Waals surface area contributed by atoms with E-state index in [0.717, 1.165) is 11.4 Å². The van der Waals surface area contributed by atoms with Crippen LogP contribution in [0.1, 0.15) is 44.1 Å². The Bertz CT molecular complexity index is 678. The molecule has 0 radical (unpaired) electrons. The first-order valence-electron chi connectivity index (χ1n) is 7.59. The Morgan fingerprint density at radius 2 is 1.77 bits per heavy atom. The molecular weight excluding hydrogens is 274 g/mol. The fraction of sp³-hybridized carbons (Fsp3) is 0.421. The van der Waals surface area contributed by atoms with Crippen molar-refractivity contribution >= 4 is 5.78 Å². The molecule has 0 aliphatic heterocycles. The predicted octanol–water partition coefficient (Wildman–Crippen LogP) is 4.36. The quantitative estimate of drug-likeness (QED) is 0.821. The first-order valence-corrected chi connectivity index (χ1v) is 7.59. The fourth-order valence-electron chi connectivity index (χ4n) is 3.29. The van der Waals surface area contributed by atoms with Crippen LogP contribution in [-0.2, 0) is 10.2 Å². The summed E-state index contributed by atoms with van der Waals surface area (Å²) in [6.07, 6.45) is 0.555. The number of ketones is 1. The Morgan fingerprint density at radius 3 is 2.27 bits per heavy atom. The second-order valence-corrected chi connectivity index (χ2v) is 6.58. The zero-order valence-corrected chi connectivity index (χ0v) is 14.4. The maximum Gasteiger partial charge on any atom is 0.130 e. The molecule has 0 spiro atoms. The van der Waals surface area contributed by atoms with E-state index in [1.54, 1.807) is 14.0 Å². The van der Waals surface area contributed by atoms with Crippen molar-refractivity contribution in [3.8, 4) is 11.4 Å². The van der Waals surface area contributed by atoms with E-state index < -0.39 is 0 Å². The van der Waals surface area contributed by atoms with E-state index in [4.69, 9.17) is 4.74 Å². The number of rotatable bonds is 5. The molecular formula is C19H25NO2. The van der Waals surface area contributed by atoms with Gasteiger partial charge in [0.25, 0.3) is 0 Å². The smallest absolute Gasteiger partial charge is 0.130 e. The summed E-state index contributed by atoms with van der Waals surface area (Å²) >= 11 is 0. The lowest BCUT2D eigenvalue weighted by Crippen LogP contribution is -2.21. The average molecular weight is 299 g/mol. The third kappa shape index (κ3) is 3.08. The molecule has 22 heavy (non-hydrogen) atoms. The van der Waals surface area contributed by atoms with Crippen LogP contribution in [0.15, 0.2) is 30.3 Å². The van der Waals surface area contributed by atoms with Crippen molar-refractivity contribution in [2.75, 3.05) is 7.11 Å². The highest BCUT2D eigenvalue weighted by Gasteiger charge is 2.27. The summed E-state index contributed by atoms with van der Waals surface area (Å²) in [6, 6.07) is 10.2. The van der Waals surface area contributed by atoms with Crippen molar-refractivity contribution in [3.63, 3.8) is 0 Å². The van der Waals surface area contributed by atoms with Crippen molar-refractivity contribution in [2.45, 2.75) is 46.5 Å².